The molecule has 5 heteroatoms. The van der Waals surface area contributed by atoms with Crippen LogP contribution in [-0.4, -0.2) is 29.0 Å². The first-order valence-corrected chi connectivity index (χ1v) is 11.0. The summed E-state index contributed by atoms with van der Waals surface area (Å²) in [4.78, 5) is 22.0. The Morgan fingerprint density at radius 1 is 0.833 bits per heavy atom. The normalized spacial score (nSPS) is 12.9. The monoisotopic (exact) mass is 413 g/mol. The molecule has 0 fully saturated rings. The second-order valence-electron chi connectivity index (χ2n) is 6.97. The van der Waals surface area contributed by atoms with Crippen molar-refractivity contribution in [1.29, 1.82) is 0 Å². The molecule has 3 aromatic rings. The van der Waals surface area contributed by atoms with E-state index in [1.54, 1.807) is 0 Å². The highest BCUT2D eigenvalue weighted by molar-refractivity contribution is 8.14. The zero-order valence-corrected chi connectivity index (χ0v) is 17.4. The van der Waals surface area contributed by atoms with E-state index in [4.69, 9.17) is 9.98 Å². The molecule has 0 saturated heterocycles. The molecule has 0 spiro atoms. The first-order valence-electron chi connectivity index (χ1n) is 10.0. The number of aliphatic imine (C=N–C) groups is 2. The molecule has 4 nitrogen and oxygen atoms in total. The summed E-state index contributed by atoms with van der Waals surface area (Å²) in [6, 6.07) is 28.2. The molecule has 0 unspecified atom stereocenters. The van der Waals surface area contributed by atoms with Gasteiger partial charge in [0, 0.05) is 13.0 Å². The predicted molar refractivity (Wildman–Crippen MR) is 126 cm³/mol. The summed E-state index contributed by atoms with van der Waals surface area (Å²) in [7, 11) is 0. The van der Waals surface area contributed by atoms with E-state index in [0.29, 0.717) is 18.7 Å². The van der Waals surface area contributed by atoms with Gasteiger partial charge in [-0.05, 0) is 29.7 Å². The van der Waals surface area contributed by atoms with Gasteiger partial charge in [0.2, 0.25) is 5.91 Å². The summed E-state index contributed by atoms with van der Waals surface area (Å²) >= 11 is 1.48. The molecular formula is C25H23N3OS. The number of carbonyl (C=O) groups excluding carboxylic acids is 1. The Bertz CT molecular complexity index is 1060. The fourth-order valence-electron chi connectivity index (χ4n) is 3.23. The molecule has 1 N–H and O–H groups in total. The van der Waals surface area contributed by atoms with Gasteiger partial charge in [0.05, 0.1) is 27.9 Å². The van der Waals surface area contributed by atoms with Gasteiger partial charge in [0.25, 0.3) is 0 Å². The van der Waals surface area contributed by atoms with Gasteiger partial charge in [-0.3, -0.25) is 9.79 Å². The number of nitrogens with zero attached hydrogens (tertiary/aromatic N) is 2. The Balaban J connectivity index is 1.40. The van der Waals surface area contributed by atoms with Gasteiger partial charge in [-0.15, -0.1) is 11.8 Å². The minimum Gasteiger partial charge on any atom is -0.355 e. The van der Waals surface area contributed by atoms with Crippen LogP contribution in [0.5, 0.6) is 0 Å². The second-order valence-corrected chi connectivity index (χ2v) is 8.02. The Morgan fingerprint density at radius 3 is 2.20 bits per heavy atom. The van der Waals surface area contributed by atoms with Crippen molar-refractivity contribution >= 4 is 39.8 Å². The van der Waals surface area contributed by atoms with Crippen LogP contribution in [0.25, 0.3) is 0 Å². The summed E-state index contributed by atoms with van der Waals surface area (Å²) < 4.78 is 0. The number of rotatable bonds is 6. The molecule has 1 aliphatic rings. The number of hydrogen-bond donors (Lipinski definition) is 1. The van der Waals surface area contributed by atoms with Gasteiger partial charge in [0.15, 0.2) is 0 Å². The molecule has 1 amide bonds. The first-order chi connectivity index (χ1) is 14.8. The highest BCUT2D eigenvalue weighted by Gasteiger charge is 2.16. The zero-order valence-electron chi connectivity index (χ0n) is 16.6. The molecule has 0 aliphatic carbocycles. The van der Waals surface area contributed by atoms with Crippen molar-refractivity contribution in [2.45, 2.75) is 12.8 Å². The van der Waals surface area contributed by atoms with Gasteiger partial charge in [-0.1, -0.05) is 72.8 Å². The molecule has 0 radical (unpaired) electrons. The van der Waals surface area contributed by atoms with E-state index in [1.165, 1.54) is 17.3 Å². The lowest BCUT2D eigenvalue weighted by Crippen LogP contribution is -2.27. The molecule has 4 rings (SSSR count). The van der Waals surface area contributed by atoms with Crippen LogP contribution in [0.2, 0.25) is 0 Å². The molecule has 30 heavy (non-hydrogen) atoms. The predicted octanol–water partition coefficient (Wildman–Crippen LogP) is 5.33. The van der Waals surface area contributed by atoms with E-state index >= 15 is 0 Å². The maximum absolute atomic E-state index is 12.3. The largest absolute Gasteiger partial charge is 0.355 e. The minimum atomic E-state index is 0.0226. The average Bonchev–Trinajstić information content (AvgIpc) is 2.98. The number of hydrogen-bond acceptors (Lipinski definition) is 4. The van der Waals surface area contributed by atoms with Gasteiger partial charge < -0.3 is 5.32 Å². The van der Waals surface area contributed by atoms with E-state index in [-0.39, 0.29) is 5.91 Å². The molecule has 0 saturated carbocycles. The summed E-state index contributed by atoms with van der Waals surface area (Å²) in [6.45, 7) is 0.634. The van der Waals surface area contributed by atoms with Crippen molar-refractivity contribution < 1.29 is 4.79 Å². The zero-order chi connectivity index (χ0) is 20.6. The van der Waals surface area contributed by atoms with Gasteiger partial charge in [-0.2, -0.15) is 0 Å². The molecule has 3 aromatic carbocycles. The summed E-state index contributed by atoms with van der Waals surface area (Å²) in [5.41, 5.74) is 4.97. The number of benzene rings is 3. The quantitative estimate of drug-likeness (QED) is 0.594. The van der Waals surface area contributed by atoms with Gasteiger partial charge >= 0.3 is 0 Å². The van der Waals surface area contributed by atoms with E-state index in [2.05, 4.69) is 29.6 Å². The van der Waals surface area contributed by atoms with Crippen LogP contribution in [0.15, 0.2) is 94.9 Å². The summed E-state index contributed by atoms with van der Waals surface area (Å²) in [5, 5.41) is 3.91. The molecular weight excluding hydrogens is 390 g/mol. The van der Waals surface area contributed by atoms with Crippen LogP contribution in [0, 0.1) is 0 Å². The summed E-state index contributed by atoms with van der Waals surface area (Å²) in [6.07, 6.45) is 1.44. The Morgan fingerprint density at radius 2 is 1.47 bits per heavy atom. The molecule has 150 valence electrons. The molecule has 1 heterocycles. The number of amides is 1. The van der Waals surface area contributed by atoms with Crippen molar-refractivity contribution in [3.05, 3.63) is 96.1 Å². The average molecular weight is 414 g/mol. The SMILES string of the molecule is O=C(CSC1=Nc2ccccc2N=C(c2ccccc2)C1)NCCc1ccccc1. The lowest BCUT2D eigenvalue weighted by molar-refractivity contribution is -0.118. The molecule has 0 aromatic heterocycles. The van der Waals surface area contributed by atoms with Crippen molar-refractivity contribution in [2.75, 3.05) is 12.3 Å². The highest BCUT2D eigenvalue weighted by atomic mass is 32.2. The third kappa shape index (κ3) is 5.45. The van der Waals surface area contributed by atoms with Crippen LogP contribution in [0.3, 0.4) is 0 Å². The van der Waals surface area contributed by atoms with Crippen LogP contribution in [0.4, 0.5) is 11.4 Å². The molecule has 0 bridgehead atoms. The van der Waals surface area contributed by atoms with E-state index in [9.17, 15) is 4.79 Å². The topological polar surface area (TPSA) is 53.8 Å². The highest BCUT2D eigenvalue weighted by Crippen LogP contribution is 2.33. The van der Waals surface area contributed by atoms with E-state index < -0.39 is 0 Å². The lowest BCUT2D eigenvalue weighted by atomic mass is 10.1. The van der Waals surface area contributed by atoms with Crippen molar-refractivity contribution in [3.63, 3.8) is 0 Å². The number of fused-ring (bicyclic) bond motifs is 1. The third-order valence-electron chi connectivity index (χ3n) is 4.76. The molecule has 0 atom stereocenters. The van der Waals surface area contributed by atoms with Gasteiger partial charge in [0.1, 0.15) is 0 Å². The van der Waals surface area contributed by atoms with Crippen molar-refractivity contribution in [3.8, 4) is 0 Å². The fraction of sp³-hybridized carbons (Fsp3) is 0.160. The van der Waals surface area contributed by atoms with Crippen molar-refractivity contribution in [2.24, 2.45) is 9.98 Å². The Hall–Kier alpha value is -3.18. The fourth-order valence-corrected chi connectivity index (χ4v) is 4.03. The maximum atomic E-state index is 12.3. The smallest absolute Gasteiger partial charge is 0.230 e. The van der Waals surface area contributed by atoms with Crippen LogP contribution in [-0.2, 0) is 11.2 Å². The van der Waals surface area contributed by atoms with Gasteiger partial charge in [-0.25, -0.2) is 4.99 Å². The van der Waals surface area contributed by atoms with Crippen molar-refractivity contribution in [1.82, 2.24) is 5.32 Å². The van der Waals surface area contributed by atoms with E-state index in [1.807, 2.05) is 60.7 Å². The maximum Gasteiger partial charge on any atom is 0.230 e. The number of nitrogens with one attached hydrogen (secondary N) is 1. The first kappa shape index (κ1) is 20.1. The Kier molecular flexibility index (Phi) is 6.72. The number of carbonyl (C=O) groups is 1. The molecule has 1 aliphatic heterocycles. The third-order valence-corrected chi connectivity index (χ3v) is 5.73. The summed E-state index contributed by atoms with van der Waals surface area (Å²) in [5.74, 6) is 0.368. The number of para-hydroxylation sites is 2. The number of thioether (sulfide) groups is 1. The standard InChI is InChI=1S/C25H23N3OS/c29-24(26-16-15-19-9-3-1-4-10-19)18-30-25-17-23(20-11-5-2-6-12-20)27-21-13-7-8-14-22(21)28-25/h1-14H,15-18H2,(H,26,29). The van der Waals surface area contributed by atoms with Crippen LogP contribution < -0.4 is 5.32 Å². The lowest BCUT2D eigenvalue weighted by Gasteiger charge is -2.08. The minimum absolute atomic E-state index is 0.0226. The van der Waals surface area contributed by atoms with E-state index in [0.717, 1.165) is 34.1 Å². The van der Waals surface area contributed by atoms with Crippen LogP contribution in [0.1, 0.15) is 17.5 Å². The second kappa shape index (κ2) is 10.0. The Labute approximate surface area is 181 Å². The van der Waals surface area contributed by atoms with Crippen LogP contribution >= 0.6 is 11.8 Å².